The number of aromatic nitrogens is 1. The summed E-state index contributed by atoms with van der Waals surface area (Å²) in [5.41, 5.74) is 2.53. The smallest absolute Gasteiger partial charge is 0.270 e. The number of likely N-dealkylation sites (N-methyl/N-ethyl adjacent to an activating group) is 1. The molecule has 1 amide bonds. The molecule has 1 saturated heterocycles. The van der Waals surface area contributed by atoms with Crippen LogP contribution in [-0.2, 0) is 9.53 Å². The monoisotopic (exact) mass is 427 g/mol. The summed E-state index contributed by atoms with van der Waals surface area (Å²) in [5.74, 6) is -0.165. The lowest BCUT2D eigenvalue weighted by molar-refractivity contribution is -0.384. The van der Waals surface area contributed by atoms with Crippen molar-refractivity contribution in [3.05, 3.63) is 52.6 Å². The summed E-state index contributed by atoms with van der Waals surface area (Å²) in [6.07, 6.45) is 0. The molecule has 0 bridgehead atoms. The Morgan fingerprint density at radius 3 is 2.70 bits per heavy atom. The zero-order chi connectivity index (χ0) is 21.1. The van der Waals surface area contributed by atoms with Crippen LogP contribution in [0.5, 0.6) is 0 Å². The van der Waals surface area contributed by atoms with Crippen LogP contribution in [0.2, 0.25) is 0 Å². The predicted molar refractivity (Wildman–Crippen MR) is 118 cm³/mol. The third-order valence-corrected chi connectivity index (χ3v) is 5.94. The van der Waals surface area contributed by atoms with Crippen molar-refractivity contribution in [3.63, 3.8) is 0 Å². The van der Waals surface area contributed by atoms with Crippen LogP contribution in [0.4, 0.5) is 22.2 Å². The minimum absolute atomic E-state index is 0.0265. The van der Waals surface area contributed by atoms with Crippen molar-refractivity contribution in [2.75, 3.05) is 55.0 Å². The molecule has 10 heteroatoms. The number of carbonyl (C=O) groups excluding carboxylic acids is 1. The Labute approximate surface area is 177 Å². The van der Waals surface area contributed by atoms with Gasteiger partial charge in [-0.15, -0.1) is 0 Å². The molecule has 0 radical (unpaired) electrons. The number of benzene rings is 2. The molecule has 0 spiro atoms. The number of nitrogens with one attached hydrogen (secondary N) is 1. The van der Waals surface area contributed by atoms with E-state index in [2.05, 4.69) is 15.2 Å². The largest absolute Gasteiger partial charge is 0.378 e. The second kappa shape index (κ2) is 8.64. The highest BCUT2D eigenvalue weighted by Gasteiger charge is 2.15. The second-order valence-electron chi connectivity index (χ2n) is 6.96. The molecule has 0 atom stereocenters. The maximum atomic E-state index is 12.4. The Morgan fingerprint density at radius 2 is 2.00 bits per heavy atom. The molecule has 30 heavy (non-hydrogen) atoms. The Hall–Kier alpha value is -3.24. The molecule has 1 N–H and O–H groups in total. The minimum atomic E-state index is -0.430. The first-order valence-corrected chi connectivity index (χ1v) is 10.3. The van der Waals surface area contributed by atoms with Gasteiger partial charge >= 0.3 is 0 Å². The van der Waals surface area contributed by atoms with Gasteiger partial charge in [0.2, 0.25) is 5.91 Å². The molecule has 0 unspecified atom stereocenters. The van der Waals surface area contributed by atoms with Crippen LogP contribution in [0.15, 0.2) is 42.5 Å². The fraction of sp³-hybridized carbons (Fsp3) is 0.300. The molecular weight excluding hydrogens is 406 g/mol. The number of nitro groups is 1. The number of hydrogen-bond donors (Lipinski definition) is 1. The van der Waals surface area contributed by atoms with Crippen LogP contribution in [0, 0.1) is 10.1 Å². The van der Waals surface area contributed by atoms with Gasteiger partial charge in [0.05, 0.1) is 34.9 Å². The van der Waals surface area contributed by atoms with E-state index < -0.39 is 4.92 Å². The Bertz CT molecular complexity index is 1060. The lowest BCUT2D eigenvalue weighted by Gasteiger charge is -2.28. The molecule has 0 saturated carbocycles. The number of anilines is 3. The van der Waals surface area contributed by atoms with Gasteiger partial charge in [-0.25, -0.2) is 4.98 Å². The summed E-state index contributed by atoms with van der Waals surface area (Å²) in [4.78, 5) is 31.4. The topological polar surface area (TPSA) is 101 Å². The van der Waals surface area contributed by atoms with Gasteiger partial charge in [-0.1, -0.05) is 11.3 Å². The molecule has 156 valence electrons. The minimum Gasteiger partial charge on any atom is -0.378 e. The van der Waals surface area contributed by atoms with Crippen LogP contribution < -0.4 is 15.1 Å². The van der Waals surface area contributed by atoms with E-state index in [0.29, 0.717) is 15.3 Å². The first kappa shape index (κ1) is 20.0. The fourth-order valence-corrected chi connectivity index (χ4v) is 4.20. The molecule has 1 fully saturated rings. The number of morpholine rings is 1. The highest BCUT2D eigenvalue weighted by molar-refractivity contribution is 7.22. The van der Waals surface area contributed by atoms with Crippen LogP contribution in [-0.4, -0.2) is 55.7 Å². The molecule has 1 aliphatic heterocycles. The van der Waals surface area contributed by atoms with E-state index in [1.807, 2.05) is 24.3 Å². The number of carbonyl (C=O) groups is 1. The highest BCUT2D eigenvalue weighted by Crippen LogP contribution is 2.30. The van der Waals surface area contributed by atoms with E-state index in [0.717, 1.165) is 37.7 Å². The summed E-state index contributed by atoms with van der Waals surface area (Å²) in [6.45, 7) is 3.30. The van der Waals surface area contributed by atoms with Crippen molar-refractivity contribution in [1.82, 2.24) is 4.98 Å². The summed E-state index contributed by atoms with van der Waals surface area (Å²) in [6, 6.07) is 12.3. The maximum absolute atomic E-state index is 12.4. The van der Waals surface area contributed by atoms with E-state index >= 15 is 0 Å². The standard InChI is InChI=1S/C20H21N5O4S/c1-23(20-22-17-7-6-16(25(27)28)12-18(17)30-20)13-19(26)21-14-2-4-15(5-3-14)24-8-10-29-11-9-24/h2-7,12H,8-11,13H2,1H3,(H,21,26). The summed E-state index contributed by atoms with van der Waals surface area (Å²) in [7, 11) is 1.77. The van der Waals surface area contributed by atoms with Crippen molar-refractivity contribution < 1.29 is 14.5 Å². The third-order valence-electron chi connectivity index (χ3n) is 4.81. The van der Waals surface area contributed by atoms with Crippen LogP contribution in [0.3, 0.4) is 0 Å². The van der Waals surface area contributed by atoms with E-state index in [9.17, 15) is 14.9 Å². The van der Waals surface area contributed by atoms with Gasteiger partial charge < -0.3 is 19.9 Å². The third kappa shape index (κ3) is 4.50. The van der Waals surface area contributed by atoms with E-state index in [1.165, 1.54) is 23.5 Å². The SMILES string of the molecule is CN(CC(=O)Nc1ccc(N2CCOCC2)cc1)c1nc2ccc([N+](=O)[O-])cc2s1. The molecule has 2 aromatic carbocycles. The molecule has 4 rings (SSSR count). The molecule has 1 aliphatic rings. The molecule has 3 aromatic rings. The zero-order valence-corrected chi connectivity index (χ0v) is 17.2. The van der Waals surface area contributed by atoms with Crippen molar-refractivity contribution in [3.8, 4) is 0 Å². The van der Waals surface area contributed by atoms with Crippen molar-refractivity contribution in [2.45, 2.75) is 0 Å². The number of thiazole rings is 1. The number of hydrogen-bond acceptors (Lipinski definition) is 8. The van der Waals surface area contributed by atoms with Gasteiger partial charge in [0, 0.05) is 43.6 Å². The average Bonchev–Trinajstić information content (AvgIpc) is 3.18. The highest BCUT2D eigenvalue weighted by atomic mass is 32.1. The van der Waals surface area contributed by atoms with E-state index in [-0.39, 0.29) is 18.1 Å². The van der Waals surface area contributed by atoms with E-state index in [1.54, 1.807) is 18.0 Å². The van der Waals surface area contributed by atoms with Gasteiger partial charge in [-0.2, -0.15) is 0 Å². The summed E-state index contributed by atoms with van der Waals surface area (Å²) >= 11 is 1.32. The number of rotatable bonds is 6. The lowest BCUT2D eigenvalue weighted by atomic mass is 10.2. The number of ether oxygens (including phenoxy) is 1. The molecule has 9 nitrogen and oxygen atoms in total. The van der Waals surface area contributed by atoms with Gasteiger partial charge in [-0.05, 0) is 30.3 Å². The number of non-ortho nitro benzene ring substituents is 1. The van der Waals surface area contributed by atoms with Crippen molar-refractivity contribution in [1.29, 1.82) is 0 Å². The summed E-state index contributed by atoms with van der Waals surface area (Å²) in [5, 5.41) is 14.5. The van der Waals surface area contributed by atoms with E-state index in [4.69, 9.17) is 4.74 Å². The number of nitro benzene ring substituents is 1. The number of fused-ring (bicyclic) bond motifs is 1. The van der Waals surface area contributed by atoms with Crippen LogP contribution >= 0.6 is 11.3 Å². The number of amides is 1. The first-order chi connectivity index (χ1) is 14.5. The van der Waals surface area contributed by atoms with Crippen molar-refractivity contribution >= 4 is 49.7 Å². The quantitative estimate of drug-likeness (QED) is 0.476. The molecule has 1 aromatic heterocycles. The Balaban J connectivity index is 1.37. The van der Waals surface area contributed by atoms with Gasteiger partial charge in [0.1, 0.15) is 0 Å². The van der Waals surface area contributed by atoms with Crippen molar-refractivity contribution in [2.24, 2.45) is 0 Å². The fourth-order valence-electron chi connectivity index (χ4n) is 3.24. The molecule has 0 aliphatic carbocycles. The zero-order valence-electron chi connectivity index (χ0n) is 16.4. The van der Waals surface area contributed by atoms with Crippen LogP contribution in [0.1, 0.15) is 0 Å². The first-order valence-electron chi connectivity index (χ1n) is 9.48. The predicted octanol–water partition coefficient (Wildman–Crippen LogP) is 3.12. The van der Waals surface area contributed by atoms with Gasteiger partial charge in [0.15, 0.2) is 5.13 Å². The lowest BCUT2D eigenvalue weighted by Crippen LogP contribution is -2.36. The normalized spacial score (nSPS) is 14.0. The van der Waals surface area contributed by atoms with Gasteiger partial charge in [0.25, 0.3) is 5.69 Å². The summed E-state index contributed by atoms with van der Waals surface area (Å²) < 4.78 is 6.08. The average molecular weight is 427 g/mol. The maximum Gasteiger partial charge on any atom is 0.270 e. The Morgan fingerprint density at radius 1 is 1.27 bits per heavy atom. The Kier molecular flexibility index (Phi) is 5.77. The van der Waals surface area contributed by atoms with Crippen LogP contribution in [0.25, 0.3) is 10.2 Å². The number of nitrogens with zero attached hydrogens (tertiary/aromatic N) is 4. The molecular formula is C20H21N5O4S. The molecule has 2 heterocycles. The second-order valence-corrected chi connectivity index (χ2v) is 7.97. The van der Waals surface area contributed by atoms with Gasteiger partial charge in [-0.3, -0.25) is 14.9 Å².